The molecule has 0 amide bonds. The minimum absolute atomic E-state index is 0.00804. The molecule has 10 nitrogen and oxygen atoms in total. The smallest absolute Gasteiger partial charge is 0.323 e. The monoisotopic (exact) mass is 921 g/mol. The number of aliphatic carboxylic acids is 3. The molecule has 3 atom stereocenters. The quantitative estimate of drug-likeness (QED) is 0.0230. The first-order valence-corrected chi connectivity index (χ1v) is 24.3. The van der Waals surface area contributed by atoms with Gasteiger partial charge in [0.25, 0.3) is 0 Å². The second kappa shape index (κ2) is 28.2. The average Bonchev–Trinajstić information content (AvgIpc) is 3.92. The molecule has 0 bridgehead atoms. The largest absolute Gasteiger partial charge is 0.480 e. The summed E-state index contributed by atoms with van der Waals surface area (Å²) in [6, 6.07) is 5.95. The highest BCUT2D eigenvalue weighted by Gasteiger charge is 2.53. The summed E-state index contributed by atoms with van der Waals surface area (Å²) in [6.07, 6.45) is 19.1. The van der Waals surface area contributed by atoms with Crippen molar-refractivity contribution in [1.82, 2.24) is 10.6 Å². The van der Waals surface area contributed by atoms with Gasteiger partial charge in [-0.05, 0) is 108 Å². The van der Waals surface area contributed by atoms with Gasteiger partial charge in [-0.15, -0.1) is 0 Å². The number of benzene rings is 2. The van der Waals surface area contributed by atoms with Gasteiger partial charge in [-0.25, -0.2) is 17.6 Å². The second-order valence-corrected chi connectivity index (χ2v) is 18.6. The maximum absolute atomic E-state index is 14.7. The van der Waals surface area contributed by atoms with Crippen LogP contribution >= 0.6 is 0 Å². The number of hydrogen-bond acceptors (Lipinski definition) is 7. The summed E-state index contributed by atoms with van der Waals surface area (Å²) in [7, 11) is 0. The molecular formula is C51H76F4N2O8. The highest BCUT2D eigenvalue weighted by molar-refractivity contribution is 6.00. The fraction of sp³-hybridized carbons (Fsp3) is 0.686. The molecule has 14 heteroatoms. The number of aryl methyl sites for hydroxylation is 2. The van der Waals surface area contributed by atoms with Crippen molar-refractivity contribution in [1.29, 1.82) is 0 Å². The first-order chi connectivity index (χ1) is 31.0. The van der Waals surface area contributed by atoms with Gasteiger partial charge in [0.15, 0.2) is 34.1 Å². The van der Waals surface area contributed by atoms with E-state index in [1.807, 2.05) is 0 Å². The zero-order valence-electron chi connectivity index (χ0n) is 39.3. The third-order valence-corrected chi connectivity index (χ3v) is 13.2. The van der Waals surface area contributed by atoms with Crippen molar-refractivity contribution in [3.63, 3.8) is 0 Å². The molecule has 5 N–H and O–H groups in total. The van der Waals surface area contributed by atoms with Crippen molar-refractivity contribution < 1.29 is 56.8 Å². The van der Waals surface area contributed by atoms with Crippen LogP contribution in [0.15, 0.2) is 24.3 Å². The van der Waals surface area contributed by atoms with Crippen LogP contribution in [0.25, 0.3) is 0 Å². The van der Waals surface area contributed by atoms with E-state index in [-0.39, 0.29) is 61.9 Å². The van der Waals surface area contributed by atoms with Crippen molar-refractivity contribution in [2.24, 2.45) is 10.8 Å². The Bertz CT molecular complexity index is 1810. The molecule has 3 unspecified atom stereocenters. The summed E-state index contributed by atoms with van der Waals surface area (Å²) in [6.45, 7) is 8.12. The van der Waals surface area contributed by atoms with Gasteiger partial charge >= 0.3 is 23.9 Å². The number of unbranched alkanes of at least 4 members (excludes halogenated alkanes) is 13. The molecule has 2 aromatic carbocycles. The lowest BCUT2D eigenvalue weighted by atomic mass is 9.86. The number of esters is 1. The van der Waals surface area contributed by atoms with Gasteiger partial charge in [-0.1, -0.05) is 122 Å². The highest BCUT2D eigenvalue weighted by atomic mass is 19.2. The summed E-state index contributed by atoms with van der Waals surface area (Å²) < 4.78 is 63.3. The first-order valence-electron chi connectivity index (χ1n) is 24.3. The van der Waals surface area contributed by atoms with Crippen molar-refractivity contribution in [2.75, 3.05) is 6.54 Å². The SMILES string of the molecule is CCCCCCCCCCc1ccc(CNC2CCC(C(=O)O)(C(=O)OC(C)C)C2)c(F)c1F.CCCCCCCCCc1ccc(CCNC2CCC(C(=O)O)(C(=O)O)C2)c(F)c1F. The van der Waals surface area contributed by atoms with Gasteiger partial charge in [0.05, 0.1) is 6.10 Å². The predicted octanol–water partition coefficient (Wildman–Crippen LogP) is 11.4. The maximum Gasteiger partial charge on any atom is 0.323 e. The van der Waals surface area contributed by atoms with Crippen molar-refractivity contribution >= 4 is 23.9 Å². The number of carbonyl (C=O) groups excluding carboxylic acids is 1. The van der Waals surface area contributed by atoms with Crippen LogP contribution in [-0.4, -0.2) is 63.9 Å². The molecule has 2 aliphatic carbocycles. The number of ether oxygens (including phenoxy) is 1. The van der Waals surface area contributed by atoms with Crippen LogP contribution in [0, 0.1) is 34.1 Å². The topological polar surface area (TPSA) is 162 Å². The Morgan fingerprint density at radius 1 is 0.569 bits per heavy atom. The number of nitrogens with one attached hydrogen (secondary N) is 2. The van der Waals surface area contributed by atoms with Gasteiger partial charge in [0.1, 0.15) is 0 Å². The Kier molecular flexibility index (Phi) is 24.0. The number of rotatable bonds is 29. The van der Waals surface area contributed by atoms with Gasteiger partial charge in [-0.2, -0.15) is 0 Å². The number of carbonyl (C=O) groups is 4. The van der Waals surface area contributed by atoms with Crippen molar-refractivity contribution in [2.45, 2.75) is 207 Å². The molecule has 0 saturated heterocycles. The van der Waals surface area contributed by atoms with E-state index in [9.17, 15) is 52.1 Å². The molecule has 2 saturated carbocycles. The van der Waals surface area contributed by atoms with E-state index >= 15 is 0 Å². The van der Waals surface area contributed by atoms with Gasteiger partial charge < -0.3 is 30.7 Å². The molecule has 0 heterocycles. The Morgan fingerprint density at radius 2 is 0.938 bits per heavy atom. The number of carboxylic acids is 3. The standard InChI is InChI=1S/C27H41F2NO4.C24H35F2NO4/c1-4-5-6-7-8-9-10-11-12-20-13-14-21(24(29)23(20)28)18-30-22-15-16-27(17-22,25(31)32)26(33)34-19(2)3;1-2-3-4-5-6-7-8-9-17-10-11-18(21(26)20(17)25)13-15-27-19-12-14-24(16-19,22(28)29)23(30)31/h13-14,19,22,30H,4-12,15-18H2,1-3H3,(H,31,32);10-11,19,27H,2-9,12-16H2,1H3,(H,28,29)(H,30,31). The minimum atomic E-state index is -1.76. The van der Waals surface area contributed by atoms with Crippen LogP contribution in [0.5, 0.6) is 0 Å². The lowest BCUT2D eigenvalue weighted by Gasteiger charge is -2.24. The average molecular weight is 921 g/mol. The molecular weight excluding hydrogens is 845 g/mol. The van der Waals surface area contributed by atoms with Crippen molar-refractivity contribution in [3.05, 3.63) is 69.8 Å². The molecule has 2 aliphatic rings. The predicted molar refractivity (Wildman–Crippen MR) is 244 cm³/mol. The van der Waals surface area contributed by atoms with E-state index < -0.39 is 64.1 Å². The van der Waals surface area contributed by atoms with E-state index in [4.69, 9.17) is 4.74 Å². The fourth-order valence-corrected chi connectivity index (χ4v) is 9.07. The number of halogens is 4. The zero-order chi connectivity index (χ0) is 48.0. The summed E-state index contributed by atoms with van der Waals surface area (Å²) in [4.78, 5) is 47.0. The molecule has 2 fully saturated rings. The van der Waals surface area contributed by atoms with Crippen LogP contribution in [-0.2, 0) is 49.7 Å². The third kappa shape index (κ3) is 16.7. The maximum atomic E-state index is 14.7. The summed E-state index contributed by atoms with van der Waals surface area (Å²) >= 11 is 0. The first kappa shape index (κ1) is 55.3. The fourth-order valence-electron chi connectivity index (χ4n) is 9.07. The normalized spacial score (nSPS) is 19.0. The molecule has 366 valence electrons. The molecule has 4 rings (SSSR count). The van der Waals surface area contributed by atoms with Crippen molar-refractivity contribution in [3.8, 4) is 0 Å². The van der Waals surface area contributed by atoms with Crippen LogP contribution in [0.3, 0.4) is 0 Å². The molecule has 0 radical (unpaired) electrons. The second-order valence-electron chi connectivity index (χ2n) is 18.6. The van der Waals surface area contributed by atoms with Gasteiger partial charge in [0, 0.05) is 24.2 Å². The Labute approximate surface area is 384 Å². The summed E-state index contributed by atoms with van der Waals surface area (Å²) in [5.74, 6) is -7.84. The van der Waals surface area contributed by atoms with Gasteiger partial charge in [0.2, 0.25) is 0 Å². The Hall–Kier alpha value is -4.04. The minimum Gasteiger partial charge on any atom is -0.480 e. The lowest BCUT2D eigenvalue weighted by Crippen LogP contribution is -2.41. The summed E-state index contributed by atoms with van der Waals surface area (Å²) in [5, 5.41) is 34.4. The molecule has 0 spiro atoms. The number of hydrogen-bond donors (Lipinski definition) is 5. The third-order valence-electron chi connectivity index (χ3n) is 13.2. The summed E-state index contributed by atoms with van der Waals surface area (Å²) in [5.41, 5.74) is -2.07. The van der Waals surface area contributed by atoms with Crippen LogP contribution in [0.1, 0.15) is 185 Å². The zero-order valence-corrected chi connectivity index (χ0v) is 39.3. The highest BCUT2D eigenvalue weighted by Crippen LogP contribution is 2.41. The Balaban J connectivity index is 0.000000347. The van der Waals surface area contributed by atoms with Crippen LogP contribution < -0.4 is 10.6 Å². The molecule has 2 aromatic rings. The van der Waals surface area contributed by atoms with E-state index in [1.165, 1.54) is 57.8 Å². The van der Waals surface area contributed by atoms with E-state index in [1.54, 1.807) is 38.1 Å². The number of carboxylic acid groups (broad SMARTS) is 3. The van der Waals surface area contributed by atoms with E-state index in [2.05, 4.69) is 24.5 Å². The van der Waals surface area contributed by atoms with Gasteiger partial charge in [-0.3, -0.25) is 19.2 Å². The van der Waals surface area contributed by atoms with E-state index in [0.717, 1.165) is 38.5 Å². The van der Waals surface area contributed by atoms with Crippen LogP contribution in [0.4, 0.5) is 17.6 Å². The van der Waals surface area contributed by atoms with Crippen LogP contribution in [0.2, 0.25) is 0 Å². The van der Waals surface area contributed by atoms with E-state index in [0.29, 0.717) is 43.4 Å². The molecule has 65 heavy (non-hydrogen) atoms. The molecule has 0 aliphatic heterocycles. The Morgan fingerprint density at radius 3 is 1.37 bits per heavy atom. The lowest BCUT2D eigenvalue weighted by molar-refractivity contribution is -0.171. The molecule has 0 aromatic heterocycles.